The first kappa shape index (κ1) is 16.5. The molecule has 0 aliphatic carbocycles. The molecule has 3 N–H and O–H groups in total. The number of fused-ring (bicyclic) bond motifs is 1. The Labute approximate surface area is 142 Å². The zero-order valence-electron chi connectivity index (χ0n) is 13.0. The Balaban J connectivity index is 1.70. The minimum atomic E-state index is -1.16. The molecule has 126 valence electrons. The number of carboxylic acids is 1. The Kier molecular flexibility index (Phi) is 4.54. The van der Waals surface area contributed by atoms with Crippen molar-refractivity contribution in [3.63, 3.8) is 0 Å². The van der Waals surface area contributed by atoms with Gasteiger partial charge >= 0.3 is 5.97 Å². The van der Waals surface area contributed by atoms with E-state index in [4.69, 9.17) is 10.6 Å². The molecule has 9 heteroatoms. The molecular weight excluding hydrogens is 332 g/mol. The van der Waals surface area contributed by atoms with Gasteiger partial charge in [-0.3, -0.25) is 9.69 Å². The highest BCUT2D eigenvalue weighted by Gasteiger charge is 2.51. The fourth-order valence-corrected chi connectivity index (χ4v) is 3.84. The molecule has 0 spiro atoms. The van der Waals surface area contributed by atoms with E-state index < -0.39 is 12.0 Å². The van der Waals surface area contributed by atoms with Crippen LogP contribution in [-0.2, 0) is 21.5 Å². The van der Waals surface area contributed by atoms with Crippen molar-refractivity contribution >= 4 is 29.9 Å². The number of nitrogens with zero attached hydrogens (tertiary/aromatic N) is 3. The van der Waals surface area contributed by atoms with E-state index >= 15 is 0 Å². The maximum Gasteiger partial charge on any atom is 0.352 e. The van der Waals surface area contributed by atoms with Crippen LogP contribution in [0, 0.1) is 0 Å². The van der Waals surface area contributed by atoms with Gasteiger partial charge in [-0.1, -0.05) is 5.16 Å². The summed E-state index contributed by atoms with van der Waals surface area (Å²) >= 11 is 1.43. The van der Waals surface area contributed by atoms with Gasteiger partial charge in [-0.05, 0) is 6.07 Å². The number of pyridine rings is 1. The third-order valence-electron chi connectivity index (χ3n) is 3.88. The maximum atomic E-state index is 11.8. The van der Waals surface area contributed by atoms with Crippen LogP contribution in [-0.4, -0.2) is 51.9 Å². The lowest BCUT2D eigenvalue weighted by Crippen LogP contribution is -2.68. The highest BCUT2D eigenvalue weighted by atomic mass is 32.2. The first-order valence-corrected chi connectivity index (χ1v) is 8.31. The monoisotopic (exact) mass is 349 g/mol. The molecule has 1 aromatic heterocycles. The topological polar surface area (TPSA) is 109 Å². The lowest BCUT2D eigenvalue weighted by molar-refractivity contribution is -0.672. The molecule has 1 saturated heterocycles. The van der Waals surface area contributed by atoms with E-state index in [0.29, 0.717) is 11.3 Å². The number of aromatic nitrogens is 1. The minimum absolute atomic E-state index is 0.00736. The van der Waals surface area contributed by atoms with E-state index in [-0.39, 0.29) is 23.6 Å². The number of thioether (sulfide) groups is 1. The number of amides is 1. The summed E-state index contributed by atoms with van der Waals surface area (Å²) in [6.45, 7) is 0.00736. The van der Waals surface area contributed by atoms with Crippen molar-refractivity contribution in [1.29, 1.82) is 0 Å². The number of β-lactam (4-membered cyclic amide) rings is 1. The number of aryl methyl sites for hydroxylation is 1. The zero-order valence-corrected chi connectivity index (χ0v) is 13.8. The summed E-state index contributed by atoms with van der Waals surface area (Å²) in [6.07, 6.45) is 3.42. The molecule has 0 bridgehead atoms. The van der Waals surface area contributed by atoms with Gasteiger partial charge in [0.1, 0.15) is 37.0 Å². The van der Waals surface area contributed by atoms with Crippen LogP contribution in [0.15, 0.2) is 40.8 Å². The summed E-state index contributed by atoms with van der Waals surface area (Å²) < 4.78 is 1.87. The van der Waals surface area contributed by atoms with Crippen molar-refractivity contribution < 1.29 is 24.1 Å². The summed E-state index contributed by atoms with van der Waals surface area (Å²) in [7, 11) is 1.88. The van der Waals surface area contributed by atoms with E-state index in [1.807, 2.05) is 36.0 Å². The number of oxime groups is 1. The van der Waals surface area contributed by atoms with Gasteiger partial charge in [0.25, 0.3) is 0 Å². The average Bonchev–Trinajstić information content (AvgIpc) is 2.58. The number of nitrogens with two attached hydrogens (primary N) is 1. The van der Waals surface area contributed by atoms with E-state index in [0.717, 1.165) is 5.69 Å². The summed E-state index contributed by atoms with van der Waals surface area (Å²) in [5.74, 6) is -1.09. The van der Waals surface area contributed by atoms with Crippen molar-refractivity contribution in [2.24, 2.45) is 17.9 Å². The van der Waals surface area contributed by atoms with Crippen LogP contribution < -0.4 is 10.3 Å². The molecule has 24 heavy (non-hydrogen) atoms. The second-order valence-electron chi connectivity index (χ2n) is 5.44. The molecule has 1 aromatic rings. The predicted octanol–water partition coefficient (Wildman–Crippen LogP) is -0.557. The fourth-order valence-electron chi connectivity index (χ4n) is 2.57. The number of carbonyl (C=O) groups is 2. The van der Waals surface area contributed by atoms with Gasteiger partial charge in [0.2, 0.25) is 11.6 Å². The molecule has 1 fully saturated rings. The highest BCUT2D eigenvalue weighted by Crippen LogP contribution is 2.39. The molecular formula is C15H17N4O4S+. The van der Waals surface area contributed by atoms with Crippen molar-refractivity contribution in [3.05, 3.63) is 41.4 Å². The number of hydrogen-bond acceptors (Lipinski definition) is 6. The summed E-state index contributed by atoms with van der Waals surface area (Å²) in [5, 5.41) is 13.0. The van der Waals surface area contributed by atoms with Crippen molar-refractivity contribution in [1.82, 2.24) is 4.90 Å². The average molecular weight is 349 g/mol. The fraction of sp³-hybridized carbons (Fsp3) is 0.333. The largest absolute Gasteiger partial charge is 0.477 e. The van der Waals surface area contributed by atoms with Crippen LogP contribution in [0.5, 0.6) is 0 Å². The number of hydrogen-bond donors (Lipinski definition) is 2. The minimum Gasteiger partial charge on any atom is -0.477 e. The first-order valence-electron chi connectivity index (χ1n) is 7.26. The molecule has 0 radical (unpaired) electrons. The predicted molar refractivity (Wildman–Crippen MR) is 86.9 cm³/mol. The second kappa shape index (κ2) is 6.62. The molecule has 3 heterocycles. The number of carboxylic acid groups (broad SMARTS) is 1. The maximum absolute atomic E-state index is 11.8. The van der Waals surface area contributed by atoms with Crippen LogP contribution in [0.25, 0.3) is 0 Å². The van der Waals surface area contributed by atoms with E-state index in [1.165, 1.54) is 16.7 Å². The van der Waals surface area contributed by atoms with Crippen LogP contribution in [0.3, 0.4) is 0 Å². The summed E-state index contributed by atoms with van der Waals surface area (Å²) in [4.78, 5) is 29.8. The van der Waals surface area contributed by atoms with Gasteiger partial charge in [0, 0.05) is 23.5 Å². The third-order valence-corrected chi connectivity index (χ3v) is 5.24. The van der Waals surface area contributed by atoms with Gasteiger partial charge in [-0.2, -0.15) is 0 Å². The van der Waals surface area contributed by atoms with Gasteiger partial charge in [-0.25, -0.2) is 9.36 Å². The van der Waals surface area contributed by atoms with E-state index in [2.05, 4.69) is 5.16 Å². The van der Waals surface area contributed by atoms with Crippen molar-refractivity contribution in [3.8, 4) is 0 Å². The van der Waals surface area contributed by atoms with Crippen LogP contribution in [0.1, 0.15) is 5.69 Å². The van der Waals surface area contributed by atoms with Gasteiger partial charge in [0.15, 0.2) is 6.20 Å². The molecule has 0 aromatic carbocycles. The number of carbonyl (C=O) groups excluding carboxylic acids is 1. The third kappa shape index (κ3) is 2.87. The second-order valence-corrected chi connectivity index (χ2v) is 6.54. The quantitative estimate of drug-likeness (QED) is 0.319. The number of rotatable bonds is 5. The zero-order chi connectivity index (χ0) is 17.3. The smallest absolute Gasteiger partial charge is 0.352 e. The molecule has 8 nitrogen and oxygen atoms in total. The molecule has 3 rings (SSSR count). The Bertz CT molecular complexity index is 749. The highest BCUT2D eigenvalue weighted by molar-refractivity contribution is 8.00. The molecule has 0 saturated carbocycles. The van der Waals surface area contributed by atoms with Gasteiger partial charge in [-0.15, -0.1) is 11.8 Å². The summed E-state index contributed by atoms with van der Waals surface area (Å²) in [6, 6.07) is 5.01. The summed E-state index contributed by atoms with van der Waals surface area (Å²) in [5.41, 5.74) is 7.02. The molecule has 2 atom stereocenters. The SMILES string of the molecule is C[n+]1ccccc1/C=N/OCC1=C(C(=O)O)N2C(=O)C(N)C2SC1. The van der Waals surface area contributed by atoms with Crippen LogP contribution >= 0.6 is 11.8 Å². The number of aliphatic carboxylic acids is 1. The lowest BCUT2D eigenvalue weighted by Gasteiger charge is -2.47. The Morgan fingerprint density at radius 2 is 2.42 bits per heavy atom. The first-order chi connectivity index (χ1) is 11.5. The van der Waals surface area contributed by atoms with Gasteiger partial charge in [0.05, 0.1) is 0 Å². The van der Waals surface area contributed by atoms with Crippen LogP contribution in [0.4, 0.5) is 0 Å². The molecule has 2 aliphatic rings. The standard InChI is InChI=1S/C15H16N4O4S/c1-18-5-3-2-4-10(18)6-17-23-7-9-8-24-14-11(16)13(20)19(14)12(9)15(21)22/h2-6,11,14H,7-8,16H2,1H3/p+1/b17-6+. The van der Waals surface area contributed by atoms with E-state index in [9.17, 15) is 14.7 Å². The normalized spacial score (nSPS) is 23.2. The Hall–Kier alpha value is -2.39. The van der Waals surface area contributed by atoms with Crippen LogP contribution in [0.2, 0.25) is 0 Å². The van der Waals surface area contributed by atoms with Crippen molar-refractivity contribution in [2.45, 2.75) is 11.4 Å². The van der Waals surface area contributed by atoms with E-state index in [1.54, 1.807) is 6.21 Å². The molecule has 1 amide bonds. The molecule has 2 aliphatic heterocycles. The Morgan fingerprint density at radius 3 is 3.12 bits per heavy atom. The molecule has 2 unspecified atom stereocenters. The van der Waals surface area contributed by atoms with Crippen molar-refractivity contribution in [2.75, 3.05) is 12.4 Å². The van der Waals surface area contributed by atoms with Gasteiger partial charge < -0.3 is 15.7 Å². The Morgan fingerprint density at radius 1 is 1.62 bits per heavy atom. The lowest BCUT2D eigenvalue weighted by atomic mass is 10.0.